The zero-order valence-corrected chi connectivity index (χ0v) is 18.4. The van der Waals surface area contributed by atoms with E-state index in [-0.39, 0.29) is 28.2 Å². The number of thiocarbonyl (C=S) groups is 1. The number of nitrogens with zero attached hydrogens (tertiary/aromatic N) is 1. The molecule has 0 heterocycles. The molecule has 1 aliphatic rings. The van der Waals surface area contributed by atoms with Crippen molar-refractivity contribution >= 4 is 46.4 Å². The predicted molar refractivity (Wildman–Crippen MR) is 125 cm³/mol. The quantitative estimate of drug-likeness (QED) is 0.299. The molecule has 1 saturated carbocycles. The highest BCUT2D eigenvalue weighted by Gasteiger charge is 2.21. The van der Waals surface area contributed by atoms with Gasteiger partial charge in [0.25, 0.3) is 17.5 Å². The van der Waals surface area contributed by atoms with E-state index in [0.717, 1.165) is 25.7 Å². The van der Waals surface area contributed by atoms with Gasteiger partial charge in [0.05, 0.1) is 4.92 Å². The molecule has 33 heavy (non-hydrogen) atoms. The Morgan fingerprint density at radius 2 is 1.42 bits per heavy atom. The van der Waals surface area contributed by atoms with Crippen molar-refractivity contribution < 1.29 is 19.3 Å². The van der Waals surface area contributed by atoms with Gasteiger partial charge in [0.2, 0.25) is 5.91 Å². The van der Waals surface area contributed by atoms with Gasteiger partial charge in [-0.15, -0.1) is 0 Å². The molecule has 4 N–H and O–H groups in total. The van der Waals surface area contributed by atoms with Crippen LogP contribution in [0.4, 0.5) is 11.4 Å². The first-order chi connectivity index (χ1) is 15.8. The standard InChI is InChI=1S/C22H23N5O5S/c28-19(14-4-2-1-3-5-14)23-17-10-6-16(7-11-17)21(30)25-26-22(33)24-20(29)15-8-12-18(13-9-15)27(31)32/h6-14H,1-5H2,(H,23,28)(H,25,30)(H2,24,26,29,33). The lowest BCUT2D eigenvalue weighted by atomic mass is 9.88. The number of carbonyl (C=O) groups is 3. The van der Waals surface area contributed by atoms with Crippen LogP contribution in [-0.2, 0) is 4.79 Å². The van der Waals surface area contributed by atoms with Crippen LogP contribution in [0, 0.1) is 16.0 Å². The molecule has 0 radical (unpaired) electrons. The molecular weight excluding hydrogens is 446 g/mol. The van der Waals surface area contributed by atoms with E-state index in [9.17, 15) is 24.5 Å². The van der Waals surface area contributed by atoms with Crippen LogP contribution in [0.2, 0.25) is 0 Å². The molecule has 0 aliphatic heterocycles. The Labute approximate surface area is 195 Å². The number of nitrogens with one attached hydrogen (secondary N) is 4. The first kappa shape index (κ1) is 23.8. The highest BCUT2D eigenvalue weighted by Crippen LogP contribution is 2.25. The van der Waals surface area contributed by atoms with Crippen LogP contribution in [0.5, 0.6) is 0 Å². The third-order valence-corrected chi connectivity index (χ3v) is 5.45. The summed E-state index contributed by atoms with van der Waals surface area (Å²) in [5, 5.41) is 15.8. The normalized spacial score (nSPS) is 13.5. The maximum absolute atomic E-state index is 12.3. The molecule has 0 unspecified atom stereocenters. The van der Waals surface area contributed by atoms with Gasteiger partial charge in [-0.3, -0.25) is 40.7 Å². The summed E-state index contributed by atoms with van der Waals surface area (Å²) in [5.74, 6) is -1.04. The SMILES string of the molecule is O=C(NNC(=S)NC(=O)c1ccc([N+](=O)[O-])cc1)c1ccc(NC(=O)C2CCCCC2)cc1. The summed E-state index contributed by atoms with van der Waals surface area (Å²) in [7, 11) is 0. The highest BCUT2D eigenvalue weighted by atomic mass is 32.1. The number of non-ortho nitro benzene ring substituents is 1. The fourth-order valence-electron chi connectivity index (χ4n) is 3.44. The molecule has 3 rings (SSSR count). The number of anilines is 1. The first-order valence-electron chi connectivity index (χ1n) is 10.4. The van der Waals surface area contributed by atoms with Gasteiger partial charge >= 0.3 is 0 Å². The second kappa shape index (κ2) is 11.1. The summed E-state index contributed by atoms with van der Waals surface area (Å²) < 4.78 is 0. The average molecular weight is 470 g/mol. The third-order valence-electron chi connectivity index (χ3n) is 5.25. The van der Waals surface area contributed by atoms with Gasteiger partial charge in [0, 0.05) is 34.9 Å². The molecule has 2 aromatic carbocycles. The largest absolute Gasteiger partial charge is 0.326 e. The van der Waals surface area contributed by atoms with E-state index >= 15 is 0 Å². The van der Waals surface area contributed by atoms with Gasteiger partial charge in [0.15, 0.2) is 5.11 Å². The van der Waals surface area contributed by atoms with Crippen molar-refractivity contribution in [1.82, 2.24) is 16.2 Å². The summed E-state index contributed by atoms with van der Waals surface area (Å²) in [6.45, 7) is 0. The van der Waals surface area contributed by atoms with Crippen LogP contribution < -0.4 is 21.5 Å². The maximum Gasteiger partial charge on any atom is 0.269 e. The number of carbonyl (C=O) groups excluding carboxylic acids is 3. The molecule has 10 nitrogen and oxygen atoms in total. The van der Waals surface area contributed by atoms with Gasteiger partial charge in [0.1, 0.15) is 0 Å². The van der Waals surface area contributed by atoms with Gasteiger partial charge in [-0.1, -0.05) is 19.3 Å². The zero-order chi connectivity index (χ0) is 23.8. The van der Waals surface area contributed by atoms with Crippen molar-refractivity contribution in [3.8, 4) is 0 Å². The van der Waals surface area contributed by atoms with Crippen LogP contribution in [0.1, 0.15) is 52.8 Å². The first-order valence-corrected chi connectivity index (χ1v) is 10.8. The van der Waals surface area contributed by atoms with Crippen molar-refractivity contribution in [3.63, 3.8) is 0 Å². The van der Waals surface area contributed by atoms with E-state index < -0.39 is 16.7 Å². The highest BCUT2D eigenvalue weighted by molar-refractivity contribution is 7.80. The van der Waals surface area contributed by atoms with E-state index in [1.54, 1.807) is 24.3 Å². The molecule has 0 aromatic heterocycles. The lowest BCUT2D eigenvalue weighted by molar-refractivity contribution is -0.384. The van der Waals surface area contributed by atoms with E-state index in [2.05, 4.69) is 21.5 Å². The number of rotatable bonds is 5. The summed E-state index contributed by atoms with van der Waals surface area (Å²) in [6, 6.07) is 11.4. The Bertz CT molecular complexity index is 1050. The Morgan fingerprint density at radius 3 is 2.03 bits per heavy atom. The topological polar surface area (TPSA) is 142 Å². The lowest BCUT2D eigenvalue weighted by Gasteiger charge is -2.20. The second-order valence-corrected chi connectivity index (χ2v) is 7.98. The second-order valence-electron chi connectivity index (χ2n) is 7.57. The fraction of sp³-hybridized carbons (Fsp3) is 0.273. The number of benzene rings is 2. The fourth-order valence-corrected chi connectivity index (χ4v) is 3.58. The van der Waals surface area contributed by atoms with Gasteiger partial charge in [-0.05, 0) is 61.5 Å². The number of nitro groups is 1. The van der Waals surface area contributed by atoms with E-state index in [0.29, 0.717) is 11.3 Å². The maximum atomic E-state index is 12.3. The van der Waals surface area contributed by atoms with Crippen LogP contribution in [-0.4, -0.2) is 27.8 Å². The third kappa shape index (κ3) is 6.81. The molecule has 1 fully saturated rings. The monoisotopic (exact) mass is 469 g/mol. The Kier molecular flexibility index (Phi) is 8.03. The van der Waals surface area contributed by atoms with Gasteiger partial charge in [-0.2, -0.15) is 0 Å². The average Bonchev–Trinajstić information content (AvgIpc) is 2.83. The zero-order valence-electron chi connectivity index (χ0n) is 17.6. The number of hydrogen-bond donors (Lipinski definition) is 4. The molecule has 172 valence electrons. The molecule has 2 aromatic rings. The van der Waals surface area contributed by atoms with Crippen molar-refractivity contribution in [2.45, 2.75) is 32.1 Å². The van der Waals surface area contributed by atoms with Crippen LogP contribution in [0.3, 0.4) is 0 Å². The van der Waals surface area contributed by atoms with E-state index in [1.165, 1.54) is 30.7 Å². The minimum Gasteiger partial charge on any atom is -0.326 e. The summed E-state index contributed by atoms with van der Waals surface area (Å²) in [5.41, 5.74) is 5.76. The molecule has 0 bridgehead atoms. The summed E-state index contributed by atoms with van der Waals surface area (Å²) in [4.78, 5) is 46.9. The summed E-state index contributed by atoms with van der Waals surface area (Å²) >= 11 is 4.98. The number of hydrogen-bond acceptors (Lipinski definition) is 6. The van der Waals surface area contributed by atoms with E-state index in [1.807, 2.05) is 0 Å². The Hall–Kier alpha value is -3.86. The van der Waals surface area contributed by atoms with E-state index in [4.69, 9.17) is 12.2 Å². The number of nitro benzene ring substituents is 1. The summed E-state index contributed by atoms with van der Waals surface area (Å²) in [6.07, 6.45) is 5.11. The molecule has 0 saturated heterocycles. The van der Waals surface area contributed by atoms with Crippen molar-refractivity contribution in [2.24, 2.45) is 5.92 Å². The lowest BCUT2D eigenvalue weighted by Crippen LogP contribution is -2.48. The van der Waals surface area contributed by atoms with Crippen molar-refractivity contribution in [2.75, 3.05) is 5.32 Å². The number of amides is 3. The van der Waals surface area contributed by atoms with Gasteiger partial charge < -0.3 is 5.32 Å². The molecule has 0 spiro atoms. The van der Waals surface area contributed by atoms with Crippen LogP contribution in [0.15, 0.2) is 48.5 Å². The minimum atomic E-state index is -0.588. The Balaban J connectivity index is 1.45. The molecular formula is C22H23N5O5S. The molecule has 3 amide bonds. The van der Waals surface area contributed by atoms with Crippen molar-refractivity contribution in [1.29, 1.82) is 0 Å². The predicted octanol–water partition coefficient (Wildman–Crippen LogP) is 3.06. The smallest absolute Gasteiger partial charge is 0.269 e. The van der Waals surface area contributed by atoms with Gasteiger partial charge in [-0.25, -0.2) is 0 Å². The van der Waals surface area contributed by atoms with Crippen molar-refractivity contribution in [3.05, 3.63) is 69.8 Å². The number of hydrazine groups is 1. The molecule has 1 aliphatic carbocycles. The molecule has 11 heteroatoms. The minimum absolute atomic E-state index is 0.00248. The van der Waals surface area contributed by atoms with Crippen LogP contribution in [0.25, 0.3) is 0 Å². The Morgan fingerprint density at radius 1 is 0.848 bits per heavy atom. The molecule has 0 atom stereocenters. The van der Waals surface area contributed by atoms with Crippen LogP contribution >= 0.6 is 12.2 Å².